The van der Waals surface area contributed by atoms with Gasteiger partial charge in [0.15, 0.2) is 0 Å². The summed E-state index contributed by atoms with van der Waals surface area (Å²) in [5.74, 6) is -0.0516. The van der Waals surface area contributed by atoms with Gasteiger partial charge in [-0.1, -0.05) is 0 Å². The van der Waals surface area contributed by atoms with Gasteiger partial charge >= 0.3 is 0 Å². The zero-order valence-corrected chi connectivity index (χ0v) is 7.95. The van der Waals surface area contributed by atoms with Gasteiger partial charge in [0.25, 0.3) is 0 Å². The first-order valence-corrected chi connectivity index (χ1v) is 4.53. The lowest BCUT2D eigenvalue weighted by Crippen LogP contribution is -2.59. The summed E-state index contributed by atoms with van der Waals surface area (Å²) < 4.78 is 0. The quantitative estimate of drug-likeness (QED) is 0.624. The van der Waals surface area contributed by atoms with Crippen LogP contribution in [-0.2, 0) is 10.3 Å². The Morgan fingerprint density at radius 2 is 2.29 bits per heavy atom. The lowest BCUT2D eigenvalue weighted by Gasteiger charge is -2.32. The Morgan fingerprint density at radius 1 is 1.43 bits per heavy atom. The second-order valence-electron chi connectivity index (χ2n) is 3.40. The molecular formula is C9H12N4O. The van der Waals surface area contributed by atoms with Crippen LogP contribution in [-0.4, -0.2) is 29.0 Å². The van der Waals surface area contributed by atoms with Crippen molar-refractivity contribution in [1.29, 1.82) is 0 Å². The van der Waals surface area contributed by atoms with E-state index in [9.17, 15) is 4.79 Å². The summed E-state index contributed by atoms with van der Waals surface area (Å²) in [4.78, 5) is 19.8. The molecule has 5 nitrogen and oxygen atoms in total. The number of piperazine rings is 1. The van der Waals surface area contributed by atoms with Crippen LogP contribution in [0.3, 0.4) is 0 Å². The second-order valence-corrected chi connectivity index (χ2v) is 3.40. The van der Waals surface area contributed by atoms with Crippen LogP contribution < -0.4 is 10.6 Å². The molecule has 1 aromatic heterocycles. The topological polar surface area (TPSA) is 66.9 Å². The van der Waals surface area contributed by atoms with Crippen molar-refractivity contribution in [2.75, 3.05) is 13.1 Å². The minimum absolute atomic E-state index is 0.0516. The van der Waals surface area contributed by atoms with Gasteiger partial charge in [-0.25, -0.2) is 0 Å². The van der Waals surface area contributed by atoms with Gasteiger partial charge in [-0.3, -0.25) is 20.1 Å². The van der Waals surface area contributed by atoms with Crippen LogP contribution in [0.5, 0.6) is 0 Å². The van der Waals surface area contributed by atoms with Gasteiger partial charge in [-0.2, -0.15) is 0 Å². The Morgan fingerprint density at radius 3 is 2.93 bits per heavy atom. The molecule has 1 unspecified atom stereocenters. The molecule has 1 fully saturated rings. The van der Waals surface area contributed by atoms with Crippen molar-refractivity contribution < 1.29 is 4.79 Å². The van der Waals surface area contributed by atoms with E-state index in [1.165, 1.54) is 0 Å². The van der Waals surface area contributed by atoms with Crippen molar-refractivity contribution in [2.24, 2.45) is 0 Å². The fourth-order valence-electron chi connectivity index (χ4n) is 1.51. The van der Waals surface area contributed by atoms with Crippen LogP contribution >= 0.6 is 0 Å². The summed E-state index contributed by atoms with van der Waals surface area (Å²) in [6, 6.07) is 0. The molecule has 1 aromatic rings. The number of hydrogen-bond donors (Lipinski definition) is 2. The van der Waals surface area contributed by atoms with Crippen LogP contribution in [0.4, 0.5) is 0 Å². The predicted molar refractivity (Wildman–Crippen MR) is 50.4 cm³/mol. The van der Waals surface area contributed by atoms with Crippen LogP contribution in [0.2, 0.25) is 0 Å². The van der Waals surface area contributed by atoms with Crippen molar-refractivity contribution >= 4 is 5.91 Å². The van der Waals surface area contributed by atoms with Crippen molar-refractivity contribution in [3.05, 3.63) is 24.3 Å². The second kappa shape index (κ2) is 3.34. The van der Waals surface area contributed by atoms with Crippen LogP contribution in [0.25, 0.3) is 0 Å². The molecular weight excluding hydrogens is 180 g/mol. The summed E-state index contributed by atoms with van der Waals surface area (Å²) in [5, 5.41) is 5.95. The summed E-state index contributed by atoms with van der Waals surface area (Å²) in [6.45, 7) is 3.22. The van der Waals surface area contributed by atoms with E-state index in [1.54, 1.807) is 18.6 Å². The van der Waals surface area contributed by atoms with Gasteiger partial charge in [-0.05, 0) is 6.92 Å². The van der Waals surface area contributed by atoms with Gasteiger partial charge in [0.2, 0.25) is 5.91 Å². The summed E-state index contributed by atoms with van der Waals surface area (Å²) in [6.07, 6.45) is 4.79. The lowest BCUT2D eigenvalue weighted by molar-refractivity contribution is -0.129. The molecule has 1 aliphatic heterocycles. The van der Waals surface area contributed by atoms with Gasteiger partial charge in [0, 0.05) is 25.5 Å². The summed E-state index contributed by atoms with van der Waals surface area (Å²) in [5.41, 5.74) is -0.0934. The molecule has 1 aliphatic rings. The Balaban J connectivity index is 2.35. The number of nitrogens with zero attached hydrogens (tertiary/aromatic N) is 2. The van der Waals surface area contributed by atoms with Gasteiger partial charge in [0.1, 0.15) is 5.54 Å². The largest absolute Gasteiger partial charge is 0.353 e. The van der Waals surface area contributed by atoms with E-state index in [0.29, 0.717) is 12.2 Å². The van der Waals surface area contributed by atoms with Gasteiger partial charge in [0.05, 0.1) is 11.9 Å². The number of hydrogen-bond acceptors (Lipinski definition) is 4. The number of aromatic nitrogens is 2. The maximum Gasteiger partial charge on any atom is 0.246 e. The Hall–Kier alpha value is -1.49. The van der Waals surface area contributed by atoms with E-state index in [-0.39, 0.29) is 5.91 Å². The maximum atomic E-state index is 11.7. The molecule has 2 rings (SSSR count). The van der Waals surface area contributed by atoms with E-state index >= 15 is 0 Å². The standard InChI is InChI=1S/C9H12N4O/c1-9(7-6-10-2-3-11-7)8(14)12-4-5-13-9/h2-3,6,13H,4-5H2,1H3,(H,12,14). The van der Waals surface area contributed by atoms with Crippen molar-refractivity contribution in [3.8, 4) is 0 Å². The predicted octanol–water partition coefficient (Wildman–Crippen LogP) is -0.589. The van der Waals surface area contributed by atoms with E-state index in [1.807, 2.05) is 6.92 Å². The van der Waals surface area contributed by atoms with Crippen molar-refractivity contribution in [1.82, 2.24) is 20.6 Å². The highest BCUT2D eigenvalue weighted by Gasteiger charge is 2.38. The van der Waals surface area contributed by atoms with Crippen LogP contribution in [0.1, 0.15) is 12.6 Å². The first-order valence-electron chi connectivity index (χ1n) is 4.53. The third kappa shape index (κ3) is 1.35. The van der Waals surface area contributed by atoms with Crippen molar-refractivity contribution in [3.63, 3.8) is 0 Å². The third-order valence-corrected chi connectivity index (χ3v) is 2.42. The molecule has 0 spiro atoms. The zero-order chi connectivity index (χ0) is 10.0. The highest BCUT2D eigenvalue weighted by molar-refractivity contribution is 5.87. The monoisotopic (exact) mass is 192 g/mol. The minimum Gasteiger partial charge on any atom is -0.353 e. The normalized spacial score (nSPS) is 27.1. The molecule has 5 heteroatoms. The van der Waals surface area contributed by atoms with E-state index in [0.717, 1.165) is 6.54 Å². The zero-order valence-electron chi connectivity index (χ0n) is 7.95. The van der Waals surface area contributed by atoms with E-state index in [2.05, 4.69) is 20.6 Å². The van der Waals surface area contributed by atoms with Crippen LogP contribution in [0.15, 0.2) is 18.6 Å². The SMILES string of the molecule is CC1(c2cnccn2)NCCNC1=O. The highest BCUT2D eigenvalue weighted by Crippen LogP contribution is 2.18. The average Bonchev–Trinajstić information content (AvgIpc) is 2.24. The smallest absolute Gasteiger partial charge is 0.246 e. The highest BCUT2D eigenvalue weighted by atomic mass is 16.2. The first kappa shape index (κ1) is 9.08. The molecule has 0 saturated carbocycles. The van der Waals surface area contributed by atoms with Crippen LogP contribution in [0, 0.1) is 0 Å². The van der Waals surface area contributed by atoms with Crippen molar-refractivity contribution in [2.45, 2.75) is 12.5 Å². The molecule has 1 saturated heterocycles. The number of carbonyl (C=O) groups excluding carboxylic acids is 1. The fraction of sp³-hybridized carbons (Fsp3) is 0.444. The third-order valence-electron chi connectivity index (χ3n) is 2.42. The lowest BCUT2D eigenvalue weighted by atomic mass is 9.95. The molecule has 14 heavy (non-hydrogen) atoms. The van der Waals surface area contributed by atoms with E-state index in [4.69, 9.17) is 0 Å². The maximum absolute atomic E-state index is 11.7. The summed E-state index contributed by atoms with van der Waals surface area (Å²) >= 11 is 0. The van der Waals surface area contributed by atoms with Gasteiger partial charge < -0.3 is 5.32 Å². The molecule has 1 amide bonds. The Kier molecular flexibility index (Phi) is 2.17. The van der Waals surface area contributed by atoms with Gasteiger partial charge in [-0.15, -0.1) is 0 Å². The molecule has 0 bridgehead atoms. The molecule has 2 N–H and O–H groups in total. The first-order chi connectivity index (χ1) is 6.73. The number of rotatable bonds is 1. The number of nitrogens with one attached hydrogen (secondary N) is 2. The molecule has 0 radical (unpaired) electrons. The molecule has 0 aromatic carbocycles. The summed E-state index contributed by atoms with van der Waals surface area (Å²) in [7, 11) is 0. The molecule has 2 heterocycles. The Bertz CT molecular complexity index is 340. The average molecular weight is 192 g/mol. The fourth-order valence-corrected chi connectivity index (χ4v) is 1.51. The number of amides is 1. The minimum atomic E-state index is -0.744. The number of carbonyl (C=O) groups is 1. The Labute approximate surface area is 82.0 Å². The molecule has 74 valence electrons. The van der Waals surface area contributed by atoms with E-state index < -0.39 is 5.54 Å². The molecule has 0 aliphatic carbocycles. The molecule has 1 atom stereocenters.